The highest BCUT2D eigenvalue weighted by molar-refractivity contribution is 5.82. The molecule has 0 spiro atoms. The highest BCUT2D eigenvalue weighted by Gasteiger charge is 2.31. The summed E-state index contributed by atoms with van der Waals surface area (Å²) in [6.07, 6.45) is 3.64. The third kappa shape index (κ3) is 3.81. The molecular formula is C16H24N2O2. The number of nitrogens with two attached hydrogens (primary N) is 1. The van der Waals surface area contributed by atoms with Gasteiger partial charge in [0.25, 0.3) is 0 Å². The minimum atomic E-state index is -0.439. The summed E-state index contributed by atoms with van der Waals surface area (Å²) < 4.78 is 5.00. The Morgan fingerprint density at radius 1 is 1.45 bits per heavy atom. The average Bonchev–Trinajstić information content (AvgIpc) is 2.93. The van der Waals surface area contributed by atoms with Crippen molar-refractivity contribution in [2.45, 2.75) is 37.8 Å². The van der Waals surface area contributed by atoms with Crippen LogP contribution in [0.1, 0.15) is 24.8 Å². The Balaban J connectivity index is 1.94. The summed E-state index contributed by atoms with van der Waals surface area (Å²) in [5.74, 6) is 0.0699. The number of ether oxygens (including phenoxy) is 1. The van der Waals surface area contributed by atoms with Crippen molar-refractivity contribution in [3.8, 4) is 0 Å². The van der Waals surface area contributed by atoms with Crippen LogP contribution in [-0.2, 0) is 16.0 Å². The minimum absolute atomic E-state index is 0.0699. The smallest absolute Gasteiger partial charge is 0.239 e. The third-order valence-electron chi connectivity index (χ3n) is 3.92. The van der Waals surface area contributed by atoms with Gasteiger partial charge in [0.2, 0.25) is 5.91 Å². The molecule has 110 valence electrons. The molecule has 2 rings (SSSR count). The van der Waals surface area contributed by atoms with Crippen LogP contribution in [0, 0.1) is 0 Å². The molecule has 2 atom stereocenters. The van der Waals surface area contributed by atoms with Crippen molar-refractivity contribution in [1.82, 2.24) is 4.90 Å². The van der Waals surface area contributed by atoms with E-state index in [1.807, 2.05) is 23.1 Å². The summed E-state index contributed by atoms with van der Waals surface area (Å²) in [5, 5.41) is 0. The molecule has 1 aliphatic heterocycles. The van der Waals surface area contributed by atoms with Crippen LogP contribution in [0.15, 0.2) is 30.3 Å². The van der Waals surface area contributed by atoms with Gasteiger partial charge in [-0.25, -0.2) is 0 Å². The standard InChI is InChI=1S/C16H24N2O2/c1-20-11-9-15(17)16(19)18-10-5-8-14(18)12-13-6-3-2-4-7-13/h2-4,6-7,14-15H,5,8-12,17H2,1H3. The second-order valence-electron chi connectivity index (χ2n) is 5.41. The number of carbonyl (C=O) groups excluding carboxylic acids is 1. The van der Waals surface area contributed by atoms with E-state index >= 15 is 0 Å². The molecule has 0 bridgehead atoms. The van der Waals surface area contributed by atoms with E-state index in [0.717, 1.165) is 25.8 Å². The monoisotopic (exact) mass is 276 g/mol. The number of benzene rings is 1. The topological polar surface area (TPSA) is 55.6 Å². The Morgan fingerprint density at radius 2 is 2.20 bits per heavy atom. The molecule has 20 heavy (non-hydrogen) atoms. The first-order chi connectivity index (χ1) is 9.72. The highest BCUT2D eigenvalue weighted by atomic mass is 16.5. The molecule has 2 N–H and O–H groups in total. The molecule has 0 aromatic heterocycles. The van der Waals surface area contributed by atoms with Gasteiger partial charge in [-0.2, -0.15) is 0 Å². The van der Waals surface area contributed by atoms with Crippen LogP contribution in [0.4, 0.5) is 0 Å². The van der Waals surface area contributed by atoms with E-state index in [1.165, 1.54) is 5.56 Å². The molecule has 1 aromatic rings. The Hall–Kier alpha value is -1.39. The molecule has 1 saturated heterocycles. The number of rotatable bonds is 6. The number of methoxy groups -OCH3 is 1. The van der Waals surface area contributed by atoms with Crippen molar-refractivity contribution in [2.75, 3.05) is 20.3 Å². The van der Waals surface area contributed by atoms with Gasteiger partial charge < -0.3 is 15.4 Å². The van der Waals surface area contributed by atoms with Crippen LogP contribution < -0.4 is 5.73 Å². The maximum atomic E-state index is 12.4. The fraction of sp³-hybridized carbons (Fsp3) is 0.562. The fourth-order valence-electron chi connectivity index (χ4n) is 2.81. The number of hydrogen-bond donors (Lipinski definition) is 1. The lowest BCUT2D eigenvalue weighted by Gasteiger charge is -2.27. The summed E-state index contributed by atoms with van der Waals surface area (Å²) in [6.45, 7) is 1.36. The number of carbonyl (C=O) groups is 1. The van der Waals surface area contributed by atoms with Crippen LogP contribution >= 0.6 is 0 Å². The average molecular weight is 276 g/mol. The SMILES string of the molecule is COCCC(N)C(=O)N1CCCC1Cc1ccccc1. The van der Waals surface area contributed by atoms with Gasteiger partial charge in [0.1, 0.15) is 0 Å². The zero-order valence-electron chi connectivity index (χ0n) is 12.1. The van der Waals surface area contributed by atoms with Crippen LogP contribution in [0.2, 0.25) is 0 Å². The van der Waals surface area contributed by atoms with Crippen LogP contribution in [0.3, 0.4) is 0 Å². The maximum Gasteiger partial charge on any atom is 0.239 e. The van der Waals surface area contributed by atoms with E-state index in [0.29, 0.717) is 19.1 Å². The van der Waals surface area contributed by atoms with Crippen molar-refractivity contribution in [3.05, 3.63) is 35.9 Å². The van der Waals surface area contributed by atoms with Crippen LogP contribution in [0.5, 0.6) is 0 Å². The van der Waals surface area contributed by atoms with Gasteiger partial charge in [-0.1, -0.05) is 30.3 Å². The van der Waals surface area contributed by atoms with E-state index in [1.54, 1.807) is 7.11 Å². The molecule has 4 heteroatoms. The van der Waals surface area contributed by atoms with Gasteiger partial charge in [0, 0.05) is 26.3 Å². The van der Waals surface area contributed by atoms with Gasteiger partial charge in [0.05, 0.1) is 6.04 Å². The number of likely N-dealkylation sites (tertiary alicyclic amines) is 1. The van der Waals surface area contributed by atoms with E-state index in [4.69, 9.17) is 10.5 Å². The predicted molar refractivity (Wildman–Crippen MR) is 79.3 cm³/mol. The lowest BCUT2D eigenvalue weighted by molar-refractivity contribution is -0.133. The highest BCUT2D eigenvalue weighted by Crippen LogP contribution is 2.22. The lowest BCUT2D eigenvalue weighted by atomic mass is 10.0. The molecule has 1 heterocycles. The zero-order valence-corrected chi connectivity index (χ0v) is 12.1. The van der Waals surface area contributed by atoms with Gasteiger partial charge in [0.15, 0.2) is 0 Å². The molecule has 1 aromatic carbocycles. The molecule has 1 fully saturated rings. The quantitative estimate of drug-likeness (QED) is 0.858. The summed E-state index contributed by atoms with van der Waals surface area (Å²) in [4.78, 5) is 14.4. The number of amides is 1. The predicted octanol–water partition coefficient (Wildman–Crippen LogP) is 1.58. The summed E-state index contributed by atoms with van der Waals surface area (Å²) in [5.41, 5.74) is 7.25. The Kier molecular flexibility index (Phi) is 5.56. The normalized spacial score (nSPS) is 20.1. The Labute approximate surface area is 120 Å². The van der Waals surface area contributed by atoms with E-state index in [-0.39, 0.29) is 5.91 Å². The molecule has 0 saturated carbocycles. The Morgan fingerprint density at radius 3 is 2.90 bits per heavy atom. The molecule has 0 radical (unpaired) electrons. The van der Waals surface area contributed by atoms with Crippen LogP contribution in [-0.4, -0.2) is 43.2 Å². The van der Waals surface area contributed by atoms with Crippen molar-refractivity contribution in [1.29, 1.82) is 0 Å². The van der Waals surface area contributed by atoms with Crippen molar-refractivity contribution < 1.29 is 9.53 Å². The minimum Gasteiger partial charge on any atom is -0.385 e. The summed E-state index contributed by atoms with van der Waals surface area (Å²) in [7, 11) is 1.63. The summed E-state index contributed by atoms with van der Waals surface area (Å²) in [6, 6.07) is 10.2. The van der Waals surface area contributed by atoms with Crippen molar-refractivity contribution in [3.63, 3.8) is 0 Å². The number of nitrogens with zero attached hydrogens (tertiary/aromatic N) is 1. The maximum absolute atomic E-state index is 12.4. The van der Waals surface area contributed by atoms with Gasteiger partial charge in [-0.3, -0.25) is 4.79 Å². The molecular weight excluding hydrogens is 252 g/mol. The second-order valence-corrected chi connectivity index (χ2v) is 5.41. The lowest BCUT2D eigenvalue weighted by Crippen LogP contribution is -2.47. The van der Waals surface area contributed by atoms with Gasteiger partial charge in [-0.15, -0.1) is 0 Å². The molecule has 4 nitrogen and oxygen atoms in total. The number of hydrogen-bond acceptors (Lipinski definition) is 3. The molecule has 1 amide bonds. The first-order valence-electron chi connectivity index (χ1n) is 7.31. The fourth-order valence-corrected chi connectivity index (χ4v) is 2.81. The van der Waals surface area contributed by atoms with Crippen molar-refractivity contribution >= 4 is 5.91 Å². The van der Waals surface area contributed by atoms with Gasteiger partial charge in [-0.05, 0) is 31.2 Å². The summed E-state index contributed by atoms with van der Waals surface area (Å²) >= 11 is 0. The van der Waals surface area contributed by atoms with Crippen LogP contribution in [0.25, 0.3) is 0 Å². The Bertz CT molecular complexity index is 422. The van der Waals surface area contributed by atoms with Gasteiger partial charge >= 0.3 is 0 Å². The first kappa shape index (κ1) is 15.0. The van der Waals surface area contributed by atoms with E-state index in [2.05, 4.69) is 12.1 Å². The van der Waals surface area contributed by atoms with E-state index < -0.39 is 6.04 Å². The zero-order chi connectivity index (χ0) is 14.4. The molecule has 1 aliphatic rings. The third-order valence-corrected chi connectivity index (χ3v) is 3.92. The molecule has 2 unspecified atom stereocenters. The largest absolute Gasteiger partial charge is 0.385 e. The van der Waals surface area contributed by atoms with E-state index in [9.17, 15) is 4.79 Å². The second kappa shape index (κ2) is 7.41. The molecule has 0 aliphatic carbocycles. The first-order valence-corrected chi connectivity index (χ1v) is 7.31. The van der Waals surface area contributed by atoms with Crippen molar-refractivity contribution in [2.24, 2.45) is 5.73 Å².